The Bertz CT molecular complexity index is 729. The molecule has 1 heterocycles. The number of aliphatic hydroxyl groups is 8. The van der Waals surface area contributed by atoms with Crippen LogP contribution < -0.4 is 0 Å². The number of aromatic nitrogens is 2. The molecule has 0 bridgehead atoms. The molecule has 0 unspecified atom stereocenters. The van der Waals surface area contributed by atoms with Crippen LogP contribution in [0, 0.1) is 0 Å². The summed E-state index contributed by atoms with van der Waals surface area (Å²) in [6, 6.07) is 0. The highest BCUT2D eigenvalue weighted by Gasteiger charge is 2.31. The largest absolute Gasteiger partial charge is 0.391 e. The maximum absolute atomic E-state index is 12.5. The summed E-state index contributed by atoms with van der Waals surface area (Å²) in [6.45, 7) is 1.67. The Labute approximate surface area is 196 Å². The average molecular weight is 491 g/mol. The van der Waals surface area contributed by atoms with E-state index in [1.165, 1.54) is 27.9 Å². The first-order valence-electron chi connectivity index (χ1n) is 10.5. The number of likely N-dealkylation sites (N-methyl/N-ethyl adjacent to an activating group) is 2. The predicted octanol–water partition coefficient (Wildman–Crippen LogP) is -4.45. The normalized spacial score (nSPS) is 18.7. The highest BCUT2D eigenvalue weighted by Crippen LogP contribution is 2.10. The third-order valence-electron chi connectivity index (χ3n) is 5.18. The average Bonchev–Trinajstić information content (AvgIpc) is 2.80. The molecule has 1 aromatic heterocycles. The Morgan fingerprint density at radius 1 is 0.676 bits per heavy atom. The van der Waals surface area contributed by atoms with Crippen LogP contribution in [0.2, 0.25) is 0 Å². The summed E-state index contributed by atoms with van der Waals surface area (Å²) in [7, 11) is 2.60. The molecular formula is C20H34N4O10. The molecule has 0 saturated heterocycles. The van der Waals surface area contributed by atoms with Gasteiger partial charge in [0.2, 0.25) is 0 Å². The molecule has 0 fully saturated rings. The van der Waals surface area contributed by atoms with E-state index in [0.29, 0.717) is 0 Å². The molecule has 0 saturated carbocycles. The number of amides is 2. The lowest BCUT2D eigenvalue weighted by atomic mass is 10.0. The number of rotatable bonds is 12. The molecule has 8 N–H and O–H groups in total. The minimum absolute atomic E-state index is 0.185. The molecular weight excluding hydrogens is 456 g/mol. The van der Waals surface area contributed by atoms with Crippen LogP contribution in [0.5, 0.6) is 0 Å². The Morgan fingerprint density at radius 3 is 1.21 bits per heavy atom. The summed E-state index contributed by atoms with van der Waals surface area (Å²) in [6.07, 6.45) is -10.3. The van der Waals surface area contributed by atoms with Gasteiger partial charge in [0.15, 0.2) is 0 Å². The van der Waals surface area contributed by atoms with E-state index in [-0.39, 0.29) is 11.4 Å². The molecule has 0 aliphatic carbocycles. The highest BCUT2D eigenvalue weighted by molar-refractivity contribution is 5.94. The van der Waals surface area contributed by atoms with Crippen molar-refractivity contribution in [3.63, 3.8) is 0 Å². The first kappa shape index (κ1) is 29.7. The Kier molecular flexibility index (Phi) is 11.3. The Hall–Kier alpha value is -2.30. The summed E-state index contributed by atoms with van der Waals surface area (Å²) in [5.41, 5.74) is -0.370. The number of hydrogen-bond donors (Lipinski definition) is 8. The molecule has 1 aromatic rings. The third-order valence-corrected chi connectivity index (χ3v) is 5.18. The van der Waals surface area contributed by atoms with Gasteiger partial charge in [0.1, 0.15) is 48.0 Å². The van der Waals surface area contributed by atoms with Crippen molar-refractivity contribution in [2.24, 2.45) is 0 Å². The van der Waals surface area contributed by atoms with Crippen LogP contribution in [0.4, 0.5) is 0 Å². The second-order valence-corrected chi connectivity index (χ2v) is 8.24. The molecule has 14 nitrogen and oxygen atoms in total. The predicted molar refractivity (Wildman–Crippen MR) is 115 cm³/mol. The lowest BCUT2D eigenvalue weighted by Gasteiger charge is -2.28. The van der Waals surface area contributed by atoms with Gasteiger partial charge in [0.05, 0.1) is 24.6 Å². The zero-order valence-corrected chi connectivity index (χ0v) is 19.4. The van der Waals surface area contributed by atoms with Crippen molar-refractivity contribution >= 4 is 11.8 Å². The molecule has 14 heteroatoms. The standard InChI is InChI=1S/C20H34N4O10/c1-9(25)15(29)17(31)13(27)7-23(3)19(33)11-5-22-12(6-21-11)20(34)24(4)8-14(28)18(32)16(30)10(2)26/h5-6,9-10,13-18,25-32H,7-8H2,1-4H3/t9-,10-,13+,14+,15-,16-,17-,18-/m1/s1. The first-order valence-corrected chi connectivity index (χ1v) is 10.5. The van der Waals surface area contributed by atoms with Crippen molar-refractivity contribution in [2.75, 3.05) is 27.2 Å². The number of hydrogen-bond acceptors (Lipinski definition) is 12. The number of carbonyl (C=O) groups excluding carboxylic acids is 2. The lowest BCUT2D eigenvalue weighted by Crippen LogP contribution is -2.48. The SMILES string of the molecule is C[C@@H](O)[C@@H](O)[C@H](O)[C@@H](O)CN(C)C(=O)c1cnc(C(=O)N(C)C[C@H](O)[C@@H](O)[C@H](O)[C@@H](C)O)cn1. The van der Waals surface area contributed by atoms with E-state index in [4.69, 9.17) is 0 Å². The van der Waals surface area contributed by atoms with Crippen LogP contribution in [0.25, 0.3) is 0 Å². The van der Waals surface area contributed by atoms with Gasteiger partial charge in [-0.1, -0.05) is 0 Å². The van der Waals surface area contributed by atoms with Crippen molar-refractivity contribution in [2.45, 2.75) is 62.7 Å². The molecule has 0 aliphatic rings. The molecule has 0 aliphatic heterocycles. The van der Waals surface area contributed by atoms with Gasteiger partial charge in [-0.3, -0.25) is 9.59 Å². The van der Waals surface area contributed by atoms with Gasteiger partial charge in [-0.25, -0.2) is 9.97 Å². The van der Waals surface area contributed by atoms with Crippen molar-refractivity contribution in [3.8, 4) is 0 Å². The zero-order valence-electron chi connectivity index (χ0n) is 19.4. The van der Waals surface area contributed by atoms with Crippen LogP contribution in [-0.2, 0) is 0 Å². The van der Waals surface area contributed by atoms with Gasteiger partial charge >= 0.3 is 0 Å². The van der Waals surface area contributed by atoms with Gasteiger partial charge < -0.3 is 50.7 Å². The van der Waals surface area contributed by atoms with E-state index < -0.39 is 73.7 Å². The Balaban J connectivity index is 2.76. The summed E-state index contributed by atoms with van der Waals surface area (Å²) in [5, 5.41) is 77.5. The molecule has 34 heavy (non-hydrogen) atoms. The van der Waals surface area contributed by atoms with Crippen molar-refractivity contribution in [1.29, 1.82) is 0 Å². The van der Waals surface area contributed by atoms with E-state index in [1.54, 1.807) is 0 Å². The fourth-order valence-electron chi connectivity index (χ4n) is 2.91. The molecule has 1 rings (SSSR count). The molecule has 0 radical (unpaired) electrons. The van der Waals surface area contributed by atoms with E-state index in [1.807, 2.05) is 0 Å². The van der Waals surface area contributed by atoms with E-state index in [0.717, 1.165) is 22.2 Å². The minimum atomic E-state index is -1.70. The lowest BCUT2D eigenvalue weighted by molar-refractivity contribution is -0.103. The first-order chi connectivity index (χ1) is 15.7. The second kappa shape index (κ2) is 13.0. The van der Waals surface area contributed by atoms with Crippen LogP contribution in [0.15, 0.2) is 12.4 Å². The van der Waals surface area contributed by atoms with Crippen LogP contribution >= 0.6 is 0 Å². The van der Waals surface area contributed by atoms with E-state index in [9.17, 15) is 50.4 Å². The molecule has 0 spiro atoms. The van der Waals surface area contributed by atoms with Gasteiger partial charge in [-0.15, -0.1) is 0 Å². The molecule has 2 amide bonds. The monoisotopic (exact) mass is 490 g/mol. The summed E-state index contributed by atoms with van der Waals surface area (Å²) >= 11 is 0. The van der Waals surface area contributed by atoms with Gasteiger partial charge in [-0.2, -0.15) is 0 Å². The Morgan fingerprint density at radius 2 is 0.971 bits per heavy atom. The number of carbonyl (C=O) groups is 2. The summed E-state index contributed by atoms with van der Waals surface area (Å²) in [4.78, 5) is 34.7. The van der Waals surface area contributed by atoms with Crippen LogP contribution in [0.3, 0.4) is 0 Å². The fraction of sp³-hybridized carbons (Fsp3) is 0.700. The second-order valence-electron chi connectivity index (χ2n) is 8.24. The smallest absolute Gasteiger partial charge is 0.273 e. The fourth-order valence-corrected chi connectivity index (χ4v) is 2.91. The number of aliphatic hydroxyl groups excluding tert-OH is 8. The van der Waals surface area contributed by atoms with Crippen LogP contribution in [-0.4, -0.2) is 148 Å². The van der Waals surface area contributed by atoms with Crippen molar-refractivity contribution in [1.82, 2.24) is 19.8 Å². The van der Waals surface area contributed by atoms with Crippen LogP contribution in [0.1, 0.15) is 34.8 Å². The van der Waals surface area contributed by atoms with Gasteiger partial charge in [-0.05, 0) is 13.8 Å². The molecule has 194 valence electrons. The van der Waals surface area contributed by atoms with Crippen molar-refractivity contribution in [3.05, 3.63) is 23.8 Å². The molecule has 8 atom stereocenters. The highest BCUT2D eigenvalue weighted by atomic mass is 16.4. The quantitative estimate of drug-likeness (QED) is 0.139. The van der Waals surface area contributed by atoms with E-state index >= 15 is 0 Å². The van der Waals surface area contributed by atoms with Crippen molar-refractivity contribution < 1.29 is 50.4 Å². The van der Waals surface area contributed by atoms with Gasteiger partial charge in [0, 0.05) is 27.2 Å². The maximum Gasteiger partial charge on any atom is 0.273 e. The maximum atomic E-state index is 12.5. The minimum Gasteiger partial charge on any atom is -0.391 e. The molecule has 0 aromatic carbocycles. The zero-order chi connectivity index (χ0) is 26.3. The van der Waals surface area contributed by atoms with E-state index in [2.05, 4.69) is 9.97 Å². The number of nitrogens with zero attached hydrogens (tertiary/aromatic N) is 4. The topological polar surface area (TPSA) is 228 Å². The summed E-state index contributed by atoms with van der Waals surface area (Å²) < 4.78 is 0. The third kappa shape index (κ3) is 7.89. The summed E-state index contributed by atoms with van der Waals surface area (Å²) in [5.74, 6) is -1.41. The van der Waals surface area contributed by atoms with Gasteiger partial charge in [0.25, 0.3) is 11.8 Å².